The van der Waals surface area contributed by atoms with Gasteiger partial charge in [0.05, 0.1) is 61.9 Å². The maximum atomic E-state index is 6.07. The molecule has 150 heavy (non-hydrogen) atoms. The molecule has 0 unspecified atom stereocenters. The van der Waals surface area contributed by atoms with Crippen LogP contribution in [0.15, 0.2) is 553 Å². The molecule has 0 bridgehead atoms. The van der Waals surface area contributed by atoms with Crippen molar-refractivity contribution >= 4 is 93.5 Å². The Hall–Kier alpha value is -20.3. The Morgan fingerprint density at radius 1 is 0.153 bits per heavy atom. The van der Waals surface area contributed by atoms with Crippen molar-refractivity contribution in [2.75, 3.05) is 0 Å². The highest BCUT2D eigenvalue weighted by Gasteiger charge is 2.23. The number of nitrogens with zero attached hydrogens (tertiary/aromatic N) is 9. The van der Waals surface area contributed by atoms with Crippen molar-refractivity contribution < 1.29 is 13.3 Å². The molecule has 19 aromatic carbocycles. The van der Waals surface area contributed by atoms with Gasteiger partial charge in [-0.2, -0.15) is 0 Å². The summed E-state index contributed by atoms with van der Waals surface area (Å²) >= 11 is 0. The number of aromatic nitrogens is 9. The average molecular weight is 1920 g/mol. The minimum absolute atomic E-state index is 0.905. The monoisotopic (exact) mass is 1920 g/mol. The third kappa shape index (κ3) is 17.2. The van der Waals surface area contributed by atoms with Crippen LogP contribution in [0.4, 0.5) is 0 Å². The molecule has 29 rings (SSSR count). The molecule has 0 aliphatic carbocycles. The molecule has 0 saturated heterocycles. The van der Waals surface area contributed by atoms with Crippen molar-refractivity contribution in [2.45, 2.75) is 0 Å². The molecule has 10 aromatic heterocycles. The first-order valence-corrected chi connectivity index (χ1v) is 50.4. The first-order valence-electron chi connectivity index (χ1n) is 50.4. The molecule has 0 aliphatic heterocycles. The van der Waals surface area contributed by atoms with E-state index in [1.807, 2.05) is 108 Å². The second-order valence-corrected chi connectivity index (χ2v) is 37.7. The lowest BCUT2D eigenvalue weighted by Gasteiger charge is -2.13. The van der Waals surface area contributed by atoms with Gasteiger partial charge in [-0.05, 0) is 218 Å². The van der Waals surface area contributed by atoms with Crippen molar-refractivity contribution in [1.82, 2.24) is 43.4 Å². The fraction of sp³-hybridized carbons (Fsp3) is 0. The number of rotatable bonds is 17. The molecule has 12 heteroatoms. The molecule has 0 amide bonds. The Bertz CT molecular complexity index is 10000. The van der Waals surface area contributed by atoms with Crippen LogP contribution in [0, 0.1) is 0 Å². The summed E-state index contributed by atoms with van der Waals surface area (Å²) in [6.45, 7) is 0. The Morgan fingerprint density at radius 2 is 0.407 bits per heavy atom. The molecule has 10 heterocycles. The Labute approximate surface area is 864 Å². The largest absolute Gasteiger partial charge is 0.456 e. The van der Waals surface area contributed by atoms with Gasteiger partial charge in [0.1, 0.15) is 50.8 Å². The van der Waals surface area contributed by atoms with E-state index in [9.17, 15) is 0 Å². The lowest BCUT2D eigenvalue weighted by Crippen LogP contribution is -1.98. The van der Waals surface area contributed by atoms with Crippen LogP contribution in [0.1, 0.15) is 0 Å². The van der Waals surface area contributed by atoms with Gasteiger partial charge in [-0.15, -0.1) is 0 Å². The highest BCUT2D eigenvalue weighted by molar-refractivity contribution is 6.09. The van der Waals surface area contributed by atoms with E-state index in [0.717, 1.165) is 273 Å². The Balaban J connectivity index is 0.000000111. The van der Waals surface area contributed by atoms with Crippen LogP contribution < -0.4 is 0 Å². The fourth-order valence-corrected chi connectivity index (χ4v) is 20.7. The molecule has 12 nitrogen and oxygen atoms in total. The predicted octanol–water partition coefficient (Wildman–Crippen LogP) is 36.3. The summed E-state index contributed by atoms with van der Waals surface area (Å²) in [6, 6.07) is 184. The minimum atomic E-state index is 0.905. The fourth-order valence-electron chi connectivity index (χ4n) is 20.7. The molecule has 0 radical (unpaired) electrons. The SMILES string of the molecule is c1ccc(-c2cc(-c3ccc(-c4ccc5oc6ccccc6c5c4)cc3)cc(-c3ccc(-c4cn5ccccc5n4)cc3)n2)cc1.c1ccc(-c2cc(-c3ccc(-c4ccc5oc6ccccc6c5c4)cc3)cc(-c3ccc(-c4nc5ccccc5n4-c4ccccc4)cc3)n2)cc1.c1ccc(-c2cc(-c3ccc(-c4ccc5oc6ccccc6c5c4)cc3)cc(-c3ccc(-n4c(-c5ccccc5)nc5ccccc54)cc3)n2)cc1. The number of hydrogen-bond acceptors (Lipinski definition) is 9. The van der Waals surface area contributed by atoms with Gasteiger partial charge in [-0.3, -0.25) is 9.13 Å². The highest BCUT2D eigenvalue weighted by Crippen LogP contribution is 2.44. The van der Waals surface area contributed by atoms with Gasteiger partial charge in [-0.25, -0.2) is 29.9 Å². The van der Waals surface area contributed by atoms with Crippen molar-refractivity contribution in [2.24, 2.45) is 0 Å². The molecular formula is C138H89N9O3. The minimum Gasteiger partial charge on any atom is -0.456 e. The van der Waals surface area contributed by atoms with Gasteiger partial charge < -0.3 is 17.7 Å². The molecule has 704 valence electrons. The quantitative estimate of drug-likeness (QED) is 0.0874. The van der Waals surface area contributed by atoms with Gasteiger partial charge in [0.25, 0.3) is 0 Å². The molecule has 0 fully saturated rings. The Morgan fingerprint density at radius 3 is 0.767 bits per heavy atom. The zero-order valence-electron chi connectivity index (χ0n) is 81.1. The molecule has 0 aliphatic rings. The van der Waals surface area contributed by atoms with Crippen LogP contribution in [-0.2, 0) is 0 Å². The average Bonchev–Trinajstić information content (AvgIpc) is 1.61. The molecule has 0 N–H and O–H groups in total. The lowest BCUT2D eigenvalue weighted by molar-refractivity contribution is 0.668. The predicted molar refractivity (Wildman–Crippen MR) is 614 cm³/mol. The van der Waals surface area contributed by atoms with Crippen LogP contribution in [-0.4, -0.2) is 43.4 Å². The summed E-state index contributed by atoms with van der Waals surface area (Å²) in [6.07, 6.45) is 4.09. The zero-order chi connectivity index (χ0) is 99.3. The Kier molecular flexibility index (Phi) is 22.7. The molecule has 0 atom stereocenters. The van der Waals surface area contributed by atoms with Crippen molar-refractivity contribution in [3.63, 3.8) is 0 Å². The van der Waals surface area contributed by atoms with Gasteiger partial charge in [0, 0.05) is 106 Å². The van der Waals surface area contributed by atoms with E-state index >= 15 is 0 Å². The second-order valence-electron chi connectivity index (χ2n) is 37.7. The normalized spacial score (nSPS) is 11.5. The van der Waals surface area contributed by atoms with Crippen molar-refractivity contribution in [3.05, 3.63) is 540 Å². The van der Waals surface area contributed by atoms with Gasteiger partial charge in [0.2, 0.25) is 0 Å². The van der Waals surface area contributed by atoms with Gasteiger partial charge in [0.15, 0.2) is 0 Å². The molecule has 0 spiro atoms. The van der Waals surface area contributed by atoms with E-state index in [1.165, 1.54) is 0 Å². The van der Waals surface area contributed by atoms with E-state index in [2.05, 4.69) is 446 Å². The summed E-state index contributed by atoms with van der Waals surface area (Å²) in [5.74, 6) is 1.83. The van der Waals surface area contributed by atoms with E-state index < -0.39 is 0 Å². The summed E-state index contributed by atoms with van der Waals surface area (Å²) in [5, 5.41) is 6.81. The number of fused-ring (bicyclic) bond motifs is 12. The third-order valence-corrected chi connectivity index (χ3v) is 28.3. The number of para-hydroxylation sites is 8. The highest BCUT2D eigenvalue weighted by atomic mass is 16.3. The standard InChI is InChI=1S/2C48H31N3O.C42H27N3O/c1-3-11-34(12-4-1)43-30-38(33-21-19-32(20-22-33)37-25-28-47-41(29-37)40-15-7-10-18-46(40)52-47)31-44(49-43)35-23-26-39(27-24-35)51-45-17-9-8-16-42(45)50-48(51)36-13-5-2-6-14-36;1-3-11-34(12-4-1)43-30-38(33-21-19-32(20-22-33)37-27-28-47-41(29-37)40-15-7-10-18-46(40)52-47)31-44(49-43)35-23-25-36(26-24-35)48-50-42-16-8-9-17-45(42)51(48)39-13-5-2-6-14-39;1-2-8-30(9-3-1)37-25-34(26-38(43-37)31-17-19-32(20-18-31)39-27-45-23-7-6-12-42(45)44-39)29-15-13-28(14-16-29)33-21-22-41-36(24-33)35-10-4-5-11-40(35)46-41/h2*1-31H;1-27H. The lowest BCUT2D eigenvalue weighted by atomic mass is 9.97. The summed E-state index contributed by atoms with van der Waals surface area (Å²) in [5.41, 5.74) is 42.4. The number of benzene rings is 19. The topological polar surface area (TPSA) is 131 Å². The van der Waals surface area contributed by atoms with E-state index in [-0.39, 0.29) is 0 Å². The first kappa shape index (κ1) is 88.6. The van der Waals surface area contributed by atoms with Crippen LogP contribution in [0.5, 0.6) is 0 Å². The van der Waals surface area contributed by atoms with Gasteiger partial charge >= 0.3 is 0 Å². The number of hydrogen-bond donors (Lipinski definition) is 0. The second kappa shape index (κ2) is 38.4. The zero-order valence-corrected chi connectivity index (χ0v) is 81.1. The maximum Gasteiger partial charge on any atom is 0.145 e. The van der Waals surface area contributed by atoms with E-state index in [4.69, 9.17) is 43.2 Å². The number of imidazole rings is 3. The summed E-state index contributed by atoms with van der Waals surface area (Å²) in [7, 11) is 0. The molecular weight excluding hydrogens is 1830 g/mol. The van der Waals surface area contributed by atoms with Crippen LogP contribution in [0.3, 0.4) is 0 Å². The smallest absolute Gasteiger partial charge is 0.145 e. The maximum absolute atomic E-state index is 6.07. The number of furan rings is 3. The summed E-state index contributed by atoms with van der Waals surface area (Å²) in [4.78, 5) is 30.4. The summed E-state index contributed by atoms with van der Waals surface area (Å²) < 4.78 is 24.7. The number of pyridine rings is 4. The van der Waals surface area contributed by atoms with Crippen LogP contribution in [0.25, 0.3) is 273 Å². The van der Waals surface area contributed by atoms with Crippen molar-refractivity contribution in [3.8, 4) is 180 Å². The third-order valence-electron chi connectivity index (χ3n) is 28.3. The van der Waals surface area contributed by atoms with E-state index in [0.29, 0.717) is 0 Å². The van der Waals surface area contributed by atoms with E-state index in [1.54, 1.807) is 0 Å². The van der Waals surface area contributed by atoms with Crippen LogP contribution >= 0.6 is 0 Å². The van der Waals surface area contributed by atoms with Crippen molar-refractivity contribution in [1.29, 1.82) is 0 Å². The molecule has 29 aromatic rings. The van der Waals surface area contributed by atoms with Gasteiger partial charge in [-0.1, -0.05) is 376 Å². The first-order chi connectivity index (χ1) is 74.2. The molecule has 0 saturated carbocycles. The van der Waals surface area contributed by atoms with Crippen LogP contribution in [0.2, 0.25) is 0 Å².